The standard InChI is InChI=1S/C32H35N5O3.C2HF3O2/c1-5-28(38)33-19-22-7-6-8-24(17-22)29-27-18-25(32(39)40-21(2)3)20-34-31(27)35-30(29)23-9-11-26(12-10-23)37-15-13-36(4)14-16-37;3-2(4,5)1(6)7/h5-12,17-18,20-21H,1,13-16,19H2,2-4H3,(H,33,38)(H,34,35);(H,6,7). The van der Waals surface area contributed by atoms with Gasteiger partial charge in [-0.1, -0.05) is 36.9 Å². The van der Waals surface area contributed by atoms with Gasteiger partial charge in [0.2, 0.25) is 5.91 Å². The number of piperazine rings is 1. The predicted octanol–water partition coefficient (Wildman–Crippen LogP) is 5.65. The van der Waals surface area contributed by atoms with Gasteiger partial charge in [-0.15, -0.1) is 0 Å². The SMILES string of the molecule is C=CC(=O)NCc1cccc(-c2c(-c3ccc(N4CCN(C)CC4)cc3)[nH]c3ncc(C(=O)OC(C)C)cc23)c1.O=C(O)C(F)(F)F. The number of aromatic nitrogens is 2. The molecule has 2 aromatic heterocycles. The second kappa shape index (κ2) is 14.9. The number of amides is 1. The van der Waals surface area contributed by atoms with Gasteiger partial charge in [-0.3, -0.25) is 4.79 Å². The number of aromatic amines is 1. The van der Waals surface area contributed by atoms with Crippen LogP contribution in [0.4, 0.5) is 18.9 Å². The molecule has 1 saturated heterocycles. The Hall–Kier alpha value is -5.17. The van der Waals surface area contributed by atoms with Crippen molar-refractivity contribution in [1.82, 2.24) is 20.2 Å². The highest BCUT2D eigenvalue weighted by atomic mass is 19.4. The van der Waals surface area contributed by atoms with Crippen LogP contribution in [-0.4, -0.2) is 83.3 Å². The summed E-state index contributed by atoms with van der Waals surface area (Å²) in [5.74, 6) is -3.39. The van der Waals surface area contributed by atoms with Crippen molar-refractivity contribution in [2.24, 2.45) is 0 Å². The highest BCUT2D eigenvalue weighted by molar-refractivity contribution is 6.05. The van der Waals surface area contributed by atoms with Gasteiger partial charge in [0.1, 0.15) is 5.65 Å². The third-order valence-corrected chi connectivity index (χ3v) is 7.36. The zero-order valence-corrected chi connectivity index (χ0v) is 26.2. The predicted molar refractivity (Wildman–Crippen MR) is 173 cm³/mol. The van der Waals surface area contributed by atoms with Gasteiger partial charge < -0.3 is 29.9 Å². The molecule has 47 heavy (non-hydrogen) atoms. The number of carbonyl (C=O) groups excluding carboxylic acids is 2. The minimum absolute atomic E-state index is 0.226. The fraction of sp³-hybridized carbons (Fsp3) is 0.294. The average Bonchev–Trinajstić information content (AvgIpc) is 3.42. The minimum atomic E-state index is -5.08. The number of nitrogens with zero attached hydrogens (tertiary/aromatic N) is 3. The molecule has 1 fully saturated rings. The second-order valence-corrected chi connectivity index (χ2v) is 11.2. The van der Waals surface area contributed by atoms with E-state index in [1.807, 2.05) is 44.2 Å². The maximum Gasteiger partial charge on any atom is 0.490 e. The first-order valence-corrected chi connectivity index (χ1v) is 14.8. The summed E-state index contributed by atoms with van der Waals surface area (Å²) in [6, 6.07) is 18.4. The van der Waals surface area contributed by atoms with Crippen LogP contribution in [0, 0.1) is 0 Å². The first kappa shape index (κ1) is 34.7. The van der Waals surface area contributed by atoms with E-state index in [2.05, 4.69) is 63.0 Å². The third-order valence-electron chi connectivity index (χ3n) is 7.36. The number of aliphatic carboxylic acids is 1. The Morgan fingerprint density at radius 2 is 1.72 bits per heavy atom. The van der Waals surface area contributed by atoms with E-state index in [0.717, 1.165) is 59.5 Å². The number of carboxylic acids is 1. The van der Waals surface area contributed by atoms with Crippen molar-refractivity contribution in [3.05, 3.63) is 84.6 Å². The zero-order chi connectivity index (χ0) is 34.3. The minimum Gasteiger partial charge on any atom is -0.475 e. The summed E-state index contributed by atoms with van der Waals surface area (Å²) in [5.41, 5.74) is 7.04. The number of halogens is 3. The number of esters is 1. The largest absolute Gasteiger partial charge is 0.490 e. The molecule has 5 rings (SSSR count). The number of hydrogen-bond acceptors (Lipinski definition) is 7. The van der Waals surface area contributed by atoms with Crippen molar-refractivity contribution in [2.45, 2.75) is 32.7 Å². The van der Waals surface area contributed by atoms with Crippen LogP contribution in [0.25, 0.3) is 33.4 Å². The van der Waals surface area contributed by atoms with Crippen molar-refractivity contribution >= 4 is 34.6 Å². The van der Waals surface area contributed by atoms with Gasteiger partial charge in [-0.05, 0) is 67.9 Å². The zero-order valence-electron chi connectivity index (χ0n) is 26.2. The van der Waals surface area contributed by atoms with Crippen molar-refractivity contribution in [3.8, 4) is 22.4 Å². The smallest absolute Gasteiger partial charge is 0.475 e. The molecule has 13 heteroatoms. The summed E-state index contributed by atoms with van der Waals surface area (Å²) < 4.78 is 37.2. The molecule has 0 radical (unpaired) electrons. The second-order valence-electron chi connectivity index (χ2n) is 11.2. The van der Waals surface area contributed by atoms with E-state index in [9.17, 15) is 22.8 Å². The van der Waals surface area contributed by atoms with Crippen LogP contribution in [-0.2, 0) is 20.9 Å². The molecule has 3 N–H and O–H groups in total. The van der Waals surface area contributed by atoms with E-state index < -0.39 is 18.1 Å². The van der Waals surface area contributed by atoms with E-state index >= 15 is 0 Å². The topological polar surface area (TPSA) is 128 Å². The van der Waals surface area contributed by atoms with Gasteiger partial charge in [-0.25, -0.2) is 14.6 Å². The number of carbonyl (C=O) groups is 3. The molecule has 2 aromatic carbocycles. The van der Waals surface area contributed by atoms with E-state index in [4.69, 9.17) is 14.6 Å². The third kappa shape index (κ3) is 8.97. The van der Waals surface area contributed by atoms with Crippen molar-refractivity contribution in [3.63, 3.8) is 0 Å². The molecule has 3 heterocycles. The van der Waals surface area contributed by atoms with Crippen LogP contribution >= 0.6 is 0 Å². The number of benzene rings is 2. The summed E-state index contributed by atoms with van der Waals surface area (Å²) in [7, 11) is 2.15. The van der Waals surface area contributed by atoms with Gasteiger partial charge in [-0.2, -0.15) is 13.2 Å². The number of anilines is 1. The number of pyridine rings is 1. The van der Waals surface area contributed by atoms with Crippen LogP contribution in [0.3, 0.4) is 0 Å². The number of carboxylic acid groups (broad SMARTS) is 1. The van der Waals surface area contributed by atoms with Crippen molar-refractivity contribution < 1.29 is 37.4 Å². The van der Waals surface area contributed by atoms with E-state index in [1.165, 1.54) is 11.8 Å². The normalized spacial score (nSPS) is 13.6. The molecule has 0 unspecified atom stereocenters. The van der Waals surface area contributed by atoms with Crippen molar-refractivity contribution in [1.29, 1.82) is 0 Å². The molecular weight excluding hydrogens is 615 g/mol. The fourth-order valence-corrected chi connectivity index (χ4v) is 4.98. The lowest BCUT2D eigenvalue weighted by Crippen LogP contribution is -2.44. The molecule has 248 valence electrons. The number of H-pyrrole nitrogens is 1. The molecule has 0 saturated carbocycles. The Morgan fingerprint density at radius 1 is 1.06 bits per heavy atom. The molecule has 1 aliphatic heterocycles. The Labute approximate surface area is 269 Å². The van der Waals surface area contributed by atoms with Gasteiger partial charge in [0.15, 0.2) is 0 Å². The summed E-state index contributed by atoms with van der Waals surface area (Å²) >= 11 is 0. The van der Waals surface area contributed by atoms with E-state index in [-0.39, 0.29) is 12.0 Å². The van der Waals surface area contributed by atoms with Crippen LogP contribution in [0.15, 0.2) is 73.4 Å². The lowest BCUT2D eigenvalue weighted by molar-refractivity contribution is -0.192. The maximum absolute atomic E-state index is 12.7. The van der Waals surface area contributed by atoms with Gasteiger partial charge >= 0.3 is 18.1 Å². The number of rotatable bonds is 8. The molecule has 0 spiro atoms. The Balaban J connectivity index is 0.000000644. The molecule has 4 aromatic rings. The summed E-state index contributed by atoms with van der Waals surface area (Å²) in [6.45, 7) is 11.6. The molecular formula is C34H36F3N5O5. The number of likely N-dealkylation sites (N-methyl/N-ethyl adjacent to an activating group) is 1. The molecule has 10 nitrogen and oxygen atoms in total. The summed E-state index contributed by atoms with van der Waals surface area (Å²) in [6.07, 6.45) is -2.50. The molecule has 1 aliphatic rings. The van der Waals surface area contributed by atoms with Gasteiger partial charge in [0.05, 0.1) is 17.4 Å². The first-order chi connectivity index (χ1) is 22.3. The lowest BCUT2D eigenvalue weighted by atomic mass is 9.96. The lowest BCUT2D eigenvalue weighted by Gasteiger charge is -2.34. The Bertz CT molecular complexity index is 1740. The average molecular weight is 652 g/mol. The highest BCUT2D eigenvalue weighted by Gasteiger charge is 2.38. The number of ether oxygens (including phenoxy) is 1. The number of hydrogen-bond donors (Lipinski definition) is 3. The van der Waals surface area contributed by atoms with Crippen LogP contribution in [0.5, 0.6) is 0 Å². The summed E-state index contributed by atoms with van der Waals surface area (Å²) in [4.78, 5) is 46.2. The molecule has 1 amide bonds. The number of fused-ring (bicyclic) bond motifs is 1. The maximum atomic E-state index is 12.7. The highest BCUT2D eigenvalue weighted by Crippen LogP contribution is 2.39. The van der Waals surface area contributed by atoms with Crippen LogP contribution < -0.4 is 10.2 Å². The fourth-order valence-electron chi connectivity index (χ4n) is 4.98. The molecule has 0 bridgehead atoms. The monoisotopic (exact) mass is 651 g/mol. The number of nitrogens with one attached hydrogen (secondary N) is 2. The van der Waals surface area contributed by atoms with Gasteiger partial charge in [0, 0.05) is 55.6 Å². The Kier molecular flexibility index (Phi) is 11.0. The molecule has 0 atom stereocenters. The molecule has 0 aliphatic carbocycles. The van der Waals surface area contributed by atoms with E-state index in [0.29, 0.717) is 17.8 Å². The Morgan fingerprint density at radius 3 is 2.32 bits per heavy atom. The van der Waals surface area contributed by atoms with Crippen LogP contribution in [0.2, 0.25) is 0 Å². The first-order valence-electron chi connectivity index (χ1n) is 14.8. The van der Waals surface area contributed by atoms with Gasteiger partial charge in [0.25, 0.3) is 0 Å². The van der Waals surface area contributed by atoms with Crippen molar-refractivity contribution in [2.75, 3.05) is 38.1 Å². The quantitative estimate of drug-likeness (QED) is 0.165. The summed E-state index contributed by atoms with van der Waals surface area (Å²) in [5, 5.41) is 10.8. The van der Waals surface area contributed by atoms with E-state index in [1.54, 1.807) is 6.20 Å². The van der Waals surface area contributed by atoms with Crippen LogP contribution in [0.1, 0.15) is 29.8 Å². The number of alkyl halides is 3.